The maximum Gasteiger partial charge on any atom is 0.342 e. The highest BCUT2D eigenvalue weighted by atomic mass is 16.5. The zero-order valence-corrected chi connectivity index (χ0v) is 12.5. The average molecular weight is 304 g/mol. The molecule has 3 heteroatoms. The van der Waals surface area contributed by atoms with E-state index in [1.165, 1.54) is 6.07 Å². The smallest absolute Gasteiger partial charge is 0.342 e. The molecule has 3 rings (SSSR count). The first kappa shape index (κ1) is 14.9. The van der Waals surface area contributed by atoms with Crippen LogP contribution in [0.15, 0.2) is 78.9 Å². The van der Waals surface area contributed by atoms with Crippen LogP contribution in [-0.2, 0) is 11.3 Å². The number of aromatic hydroxyl groups is 1. The van der Waals surface area contributed by atoms with Crippen molar-refractivity contribution in [2.45, 2.75) is 6.61 Å². The number of hydrogen-bond donors (Lipinski definition) is 1. The normalized spacial score (nSPS) is 10.3. The predicted octanol–water partition coefficient (Wildman–Crippen LogP) is 4.42. The lowest BCUT2D eigenvalue weighted by atomic mass is 9.99. The van der Waals surface area contributed by atoms with E-state index in [0.717, 1.165) is 11.1 Å². The third-order valence-corrected chi connectivity index (χ3v) is 3.54. The van der Waals surface area contributed by atoms with Gasteiger partial charge in [-0.3, -0.25) is 0 Å². The average Bonchev–Trinajstić information content (AvgIpc) is 2.61. The molecule has 0 fully saturated rings. The second-order valence-electron chi connectivity index (χ2n) is 5.13. The Morgan fingerprint density at radius 2 is 1.48 bits per heavy atom. The van der Waals surface area contributed by atoms with Crippen LogP contribution >= 0.6 is 0 Å². The fraction of sp³-hybridized carbons (Fsp3) is 0.0500. The van der Waals surface area contributed by atoms with Crippen molar-refractivity contribution in [1.82, 2.24) is 0 Å². The zero-order valence-electron chi connectivity index (χ0n) is 12.5. The molecule has 0 saturated carbocycles. The van der Waals surface area contributed by atoms with Gasteiger partial charge in [-0.2, -0.15) is 0 Å². The van der Waals surface area contributed by atoms with E-state index >= 15 is 0 Å². The van der Waals surface area contributed by atoms with E-state index in [9.17, 15) is 9.90 Å². The third-order valence-electron chi connectivity index (χ3n) is 3.54. The molecule has 0 radical (unpaired) electrons. The number of esters is 1. The lowest BCUT2D eigenvalue weighted by molar-refractivity contribution is 0.0470. The topological polar surface area (TPSA) is 46.5 Å². The number of carbonyl (C=O) groups excluding carboxylic acids is 1. The molecule has 0 aliphatic heterocycles. The SMILES string of the molecule is O=C(OCc1ccccc1)c1c(O)cccc1-c1ccccc1. The summed E-state index contributed by atoms with van der Waals surface area (Å²) in [6, 6.07) is 23.9. The lowest BCUT2D eigenvalue weighted by Crippen LogP contribution is -2.07. The molecule has 0 atom stereocenters. The second-order valence-corrected chi connectivity index (χ2v) is 5.13. The highest BCUT2D eigenvalue weighted by Gasteiger charge is 2.18. The lowest BCUT2D eigenvalue weighted by Gasteiger charge is -2.11. The molecule has 0 amide bonds. The summed E-state index contributed by atoms with van der Waals surface area (Å²) in [5.74, 6) is -0.616. The highest BCUT2D eigenvalue weighted by Crippen LogP contribution is 2.30. The van der Waals surface area contributed by atoms with Gasteiger partial charge < -0.3 is 9.84 Å². The first-order valence-corrected chi connectivity index (χ1v) is 7.34. The zero-order chi connectivity index (χ0) is 16.1. The Hall–Kier alpha value is -3.07. The number of ether oxygens (including phenoxy) is 1. The van der Waals surface area contributed by atoms with Gasteiger partial charge in [0, 0.05) is 0 Å². The largest absolute Gasteiger partial charge is 0.507 e. The van der Waals surface area contributed by atoms with E-state index in [-0.39, 0.29) is 17.9 Å². The molecule has 23 heavy (non-hydrogen) atoms. The van der Waals surface area contributed by atoms with E-state index < -0.39 is 5.97 Å². The van der Waals surface area contributed by atoms with Crippen LogP contribution < -0.4 is 0 Å². The molecule has 0 saturated heterocycles. The van der Waals surface area contributed by atoms with Gasteiger partial charge in [0.25, 0.3) is 0 Å². The standard InChI is InChI=1S/C20H16O3/c21-18-13-7-12-17(16-10-5-2-6-11-16)19(18)20(22)23-14-15-8-3-1-4-9-15/h1-13,21H,14H2. The minimum absolute atomic E-state index is 0.0792. The van der Waals surface area contributed by atoms with Crippen LogP contribution in [0.25, 0.3) is 11.1 Å². The van der Waals surface area contributed by atoms with Gasteiger partial charge in [0.15, 0.2) is 0 Å². The Kier molecular flexibility index (Phi) is 4.39. The molecule has 0 bridgehead atoms. The van der Waals surface area contributed by atoms with Crippen LogP contribution in [0.2, 0.25) is 0 Å². The second kappa shape index (κ2) is 6.79. The molecular formula is C20H16O3. The van der Waals surface area contributed by atoms with Gasteiger partial charge in [0.2, 0.25) is 0 Å². The van der Waals surface area contributed by atoms with Crippen LogP contribution in [0.5, 0.6) is 5.75 Å². The Balaban J connectivity index is 1.88. The monoisotopic (exact) mass is 304 g/mol. The first-order valence-electron chi connectivity index (χ1n) is 7.34. The van der Waals surface area contributed by atoms with Crippen molar-refractivity contribution < 1.29 is 14.6 Å². The van der Waals surface area contributed by atoms with Gasteiger partial charge in [-0.1, -0.05) is 72.8 Å². The van der Waals surface area contributed by atoms with Gasteiger partial charge in [0.05, 0.1) is 0 Å². The summed E-state index contributed by atoms with van der Waals surface area (Å²) in [6.07, 6.45) is 0. The summed E-state index contributed by atoms with van der Waals surface area (Å²) in [6.45, 7) is 0.169. The van der Waals surface area contributed by atoms with E-state index in [1.807, 2.05) is 60.7 Å². The Bertz CT molecular complexity index is 796. The quantitative estimate of drug-likeness (QED) is 0.726. The summed E-state index contributed by atoms with van der Waals surface area (Å²) in [5, 5.41) is 10.1. The summed E-state index contributed by atoms with van der Waals surface area (Å²) in [4.78, 5) is 12.5. The number of phenolic OH excluding ortho intramolecular Hbond substituents is 1. The fourth-order valence-electron chi connectivity index (χ4n) is 2.41. The van der Waals surface area contributed by atoms with E-state index in [4.69, 9.17) is 4.74 Å². The summed E-state index contributed by atoms with van der Waals surface area (Å²) in [7, 11) is 0. The fourth-order valence-corrected chi connectivity index (χ4v) is 2.41. The van der Waals surface area contributed by atoms with Crippen molar-refractivity contribution >= 4 is 5.97 Å². The van der Waals surface area contributed by atoms with E-state index in [0.29, 0.717) is 5.56 Å². The molecule has 3 nitrogen and oxygen atoms in total. The van der Waals surface area contributed by atoms with E-state index in [1.54, 1.807) is 12.1 Å². The molecule has 0 heterocycles. The van der Waals surface area contributed by atoms with Crippen molar-refractivity contribution in [1.29, 1.82) is 0 Å². The Morgan fingerprint density at radius 1 is 0.826 bits per heavy atom. The van der Waals surface area contributed by atoms with Crippen LogP contribution in [0, 0.1) is 0 Å². The molecule has 114 valence electrons. The Morgan fingerprint density at radius 3 is 2.17 bits per heavy atom. The number of carbonyl (C=O) groups is 1. The minimum Gasteiger partial charge on any atom is -0.507 e. The van der Waals surface area contributed by atoms with Crippen molar-refractivity contribution in [2.75, 3.05) is 0 Å². The number of phenols is 1. The summed E-state index contributed by atoms with van der Waals surface area (Å²) < 4.78 is 5.36. The van der Waals surface area contributed by atoms with Crippen molar-refractivity contribution in [3.05, 3.63) is 90.0 Å². The minimum atomic E-state index is -0.536. The van der Waals surface area contributed by atoms with Crippen molar-refractivity contribution in [3.63, 3.8) is 0 Å². The maximum atomic E-state index is 12.5. The van der Waals surface area contributed by atoms with Crippen LogP contribution in [-0.4, -0.2) is 11.1 Å². The number of rotatable bonds is 4. The molecule has 0 aliphatic carbocycles. The molecule has 0 aliphatic rings. The van der Waals surface area contributed by atoms with Gasteiger partial charge >= 0.3 is 5.97 Å². The van der Waals surface area contributed by atoms with Gasteiger partial charge in [-0.25, -0.2) is 4.79 Å². The van der Waals surface area contributed by atoms with Crippen LogP contribution in [0.1, 0.15) is 15.9 Å². The van der Waals surface area contributed by atoms with Crippen LogP contribution in [0.4, 0.5) is 0 Å². The van der Waals surface area contributed by atoms with E-state index in [2.05, 4.69) is 0 Å². The first-order chi connectivity index (χ1) is 11.3. The Labute approximate surface area is 134 Å². The predicted molar refractivity (Wildman–Crippen MR) is 89.1 cm³/mol. The molecule has 0 unspecified atom stereocenters. The van der Waals surface area contributed by atoms with Crippen molar-refractivity contribution in [3.8, 4) is 16.9 Å². The molecule has 3 aromatic carbocycles. The number of benzene rings is 3. The van der Waals surface area contributed by atoms with Gasteiger partial charge in [0.1, 0.15) is 17.9 Å². The summed E-state index contributed by atoms with van der Waals surface area (Å²) >= 11 is 0. The molecule has 0 aromatic heterocycles. The third kappa shape index (κ3) is 3.40. The molecule has 3 aromatic rings. The van der Waals surface area contributed by atoms with Crippen LogP contribution in [0.3, 0.4) is 0 Å². The van der Waals surface area contributed by atoms with Crippen molar-refractivity contribution in [2.24, 2.45) is 0 Å². The number of hydrogen-bond acceptors (Lipinski definition) is 3. The molecular weight excluding hydrogens is 288 g/mol. The summed E-state index contributed by atoms with van der Waals surface area (Å²) in [5.41, 5.74) is 2.60. The molecule has 1 N–H and O–H groups in total. The maximum absolute atomic E-state index is 12.5. The highest BCUT2D eigenvalue weighted by molar-refractivity contribution is 6.00. The van der Waals surface area contributed by atoms with Gasteiger partial charge in [-0.15, -0.1) is 0 Å². The molecule has 0 spiro atoms. The van der Waals surface area contributed by atoms with Gasteiger partial charge in [-0.05, 0) is 22.8 Å².